The van der Waals surface area contributed by atoms with E-state index in [1.165, 1.54) is 0 Å². The number of aryl methyl sites for hydroxylation is 1. The first kappa shape index (κ1) is 19.4. The molecule has 134 valence electrons. The number of fused-ring (bicyclic) bond motifs is 1. The van der Waals surface area contributed by atoms with Gasteiger partial charge in [0.25, 0.3) is 5.91 Å². The van der Waals surface area contributed by atoms with Gasteiger partial charge in [-0.25, -0.2) is 0 Å². The predicted molar refractivity (Wildman–Crippen MR) is 120 cm³/mol. The Morgan fingerprint density at radius 1 is 0.923 bits per heavy atom. The summed E-state index contributed by atoms with van der Waals surface area (Å²) in [5.41, 5.74) is 2.65. The number of amides is 1. The molecule has 2 N–H and O–H groups in total. The fourth-order valence-corrected chi connectivity index (χ4v) is 3.31. The van der Waals surface area contributed by atoms with Gasteiger partial charge < -0.3 is 10.6 Å². The van der Waals surface area contributed by atoms with Gasteiger partial charge in [-0.1, -0.05) is 102 Å². The van der Waals surface area contributed by atoms with Crippen molar-refractivity contribution >= 4 is 70.2 Å². The fourth-order valence-electron chi connectivity index (χ4n) is 2.63. The van der Waals surface area contributed by atoms with Crippen LogP contribution >= 0.6 is 47.8 Å². The van der Waals surface area contributed by atoms with Gasteiger partial charge in [-0.2, -0.15) is 0 Å². The van der Waals surface area contributed by atoms with Crippen LogP contribution in [0.15, 0.2) is 66.7 Å². The van der Waals surface area contributed by atoms with E-state index in [0.717, 1.165) is 22.0 Å². The molecule has 26 heavy (non-hydrogen) atoms. The van der Waals surface area contributed by atoms with E-state index in [-0.39, 0.29) is 5.91 Å². The zero-order valence-corrected chi connectivity index (χ0v) is 18.7. The van der Waals surface area contributed by atoms with Crippen molar-refractivity contribution < 1.29 is 4.79 Å². The molecule has 0 aliphatic carbocycles. The van der Waals surface area contributed by atoms with Crippen LogP contribution in [-0.4, -0.2) is 14.2 Å². The average molecular weight is 541 g/mol. The fraction of sp³-hybridized carbons (Fsp3) is 0.150. The topological polar surface area (TPSA) is 41.1 Å². The highest BCUT2D eigenvalue weighted by Crippen LogP contribution is 2.38. The molecule has 0 aromatic heterocycles. The lowest BCUT2D eigenvalue weighted by Crippen LogP contribution is -2.48. The van der Waals surface area contributed by atoms with Crippen molar-refractivity contribution in [1.29, 1.82) is 0 Å². The van der Waals surface area contributed by atoms with Crippen molar-refractivity contribution in [3.8, 4) is 0 Å². The monoisotopic (exact) mass is 538 g/mol. The summed E-state index contributed by atoms with van der Waals surface area (Å²) in [4.78, 5) is 12.7. The molecule has 0 bridgehead atoms. The van der Waals surface area contributed by atoms with Crippen molar-refractivity contribution in [3.63, 3.8) is 0 Å². The molecule has 3 aromatic carbocycles. The Bertz CT molecular complexity index is 915. The predicted octanol–water partition coefficient (Wildman–Crippen LogP) is 6.15. The Balaban J connectivity index is 1.87. The summed E-state index contributed by atoms with van der Waals surface area (Å²) in [5.74, 6) is -0.162. The van der Waals surface area contributed by atoms with Gasteiger partial charge in [0.15, 0.2) is 2.14 Å². The van der Waals surface area contributed by atoms with Crippen LogP contribution in [0.5, 0.6) is 0 Å². The van der Waals surface area contributed by atoms with E-state index in [2.05, 4.69) is 76.6 Å². The maximum Gasteiger partial charge on any atom is 0.252 e. The van der Waals surface area contributed by atoms with Crippen molar-refractivity contribution in [2.24, 2.45) is 0 Å². The molecule has 3 aromatic rings. The summed E-state index contributed by atoms with van der Waals surface area (Å²) in [5, 5.41) is 8.63. The minimum Gasteiger partial charge on any atom is -0.362 e. The van der Waals surface area contributed by atoms with E-state index < -0.39 is 8.31 Å². The molecular formula is C20H17Br3N2O. The second-order valence-corrected chi connectivity index (χ2v) is 12.9. The van der Waals surface area contributed by atoms with Crippen LogP contribution in [0.4, 0.5) is 5.69 Å². The van der Waals surface area contributed by atoms with Crippen LogP contribution in [0.2, 0.25) is 0 Å². The number of hydrogen-bond acceptors (Lipinski definition) is 2. The van der Waals surface area contributed by atoms with Crippen LogP contribution in [0.3, 0.4) is 0 Å². The Morgan fingerprint density at radius 2 is 1.58 bits per heavy atom. The SMILES string of the molecule is Cc1ccc(C(=O)NC(Nc2cccc3ccccc23)C(Br)(Br)Br)cc1. The third-order valence-corrected chi connectivity index (χ3v) is 5.38. The Labute approximate surface area is 177 Å². The molecule has 3 rings (SSSR count). The highest BCUT2D eigenvalue weighted by Gasteiger charge is 2.32. The molecular weight excluding hydrogens is 524 g/mol. The zero-order chi connectivity index (χ0) is 18.7. The third-order valence-electron chi connectivity index (χ3n) is 4.01. The lowest BCUT2D eigenvalue weighted by molar-refractivity contribution is 0.0943. The second kappa shape index (κ2) is 8.11. The molecule has 0 radical (unpaired) electrons. The first-order chi connectivity index (χ1) is 12.3. The minimum atomic E-state index is -0.718. The normalized spacial score (nSPS) is 12.6. The van der Waals surface area contributed by atoms with Gasteiger partial charge in [-0.15, -0.1) is 0 Å². The summed E-state index contributed by atoms with van der Waals surface area (Å²) < 4.78 is -0.718. The Hall–Kier alpha value is -1.37. The maximum atomic E-state index is 12.7. The number of nitrogens with one attached hydrogen (secondary N) is 2. The number of anilines is 1. The van der Waals surface area contributed by atoms with Crippen molar-refractivity contribution in [3.05, 3.63) is 77.9 Å². The summed E-state index contributed by atoms with van der Waals surface area (Å²) in [6, 6.07) is 21.6. The molecule has 6 heteroatoms. The van der Waals surface area contributed by atoms with Crippen molar-refractivity contribution in [2.75, 3.05) is 5.32 Å². The third kappa shape index (κ3) is 4.67. The molecule has 3 nitrogen and oxygen atoms in total. The highest BCUT2D eigenvalue weighted by molar-refractivity contribution is 9.39. The van der Waals surface area contributed by atoms with Gasteiger partial charge in [0.05, 0.1) is 0 Å². The standard InChI is InChI=1S/C20H17Br3N2O/c1-13-9-11-15(12-10-13)18(26)25-19(20(21,22)23)24-17-8-4-6-14-5-2-3-7-16(14)17/h2-12,19,24H,1H3,(H,25,26). The summed E-state index contributed by atoms with van der Waals surface area (Å²) >= 11 is 10.6. The van der Waals surface area contributed by atoms with E-state index in [0.29, 0.717) is 5.56 Å². The van der Waals surface area contributed by atoms with Gasteiger partial charge in [0, 0.05) is 16.6 Å². The summed E-state index contributed by atoms with van der Waals surface area (Å²) in [6.07, 6.45) is -0.456. The number of carbonyl (C=O) groups is 1. The molecule has 0 saturated carbocycles. The molecule has 0 aliphatic heterocycles. The molecule has 1 amide bonds. The lowest BCUT2D eigenvalue weighted by atomic mass is 10.1. The summed E-state index contributed by atoms with van der Waals surface area (Å²) in [6.45, 7) is 1.99. The van der Waals surface area contributed by atoms with Gasteiger partial charge in [0.1, 0.15) is 6.17 Å². The highest BCUT2D eigenvalue weighted by atomic mass is 80.0. The smallest absolute Gasteiger partial charge is 0.252 e. The number of carbonyl (C=O) groups excluding carboxylic acids is 1. The summed E-state index contributed by atoms with van der Waals surface area (Å²) in [7, 11) is 0. The number of hydrogen-bond donors (Lipinski definition) is 2. The van der Waals surface area contributed by atoms with Gasteiger partial charge in [0.2, 0.25) is 0 Å². The number of alkyl halides is 3. The molecule has 0 saturated heterocycles. The largest absolute Gasteiger partial charge is 0.362 e. The van der Waals surface area contributed by atoms with Gasteiger partial charge in [-0.05, 0) is 30.5 Å². The molecule has 0 aliphatic rings. The second-order valence-electron chi connectivity index (χ2n) is 5.99. The van der Waals surface area contributed by atoms with Crippen LogP contribution in [0.25, 0.3) is 10.8 Å². The number of rotatable bonds is 4. The van der Waals surface area contributed by atoms with Crippen LogP contribution in [0, 0.1) is 6.92 Å². The molecule has 1 unspecified atom stereocenters. The average Bonchev–Trinajstić information content (AvgIpc) is 2.61. The van der Waals surface area contributed by atoms with Crippen molar-refractivity contribution in [1.82, 2.24) is 5.32 Å². The van der Waals surface area contributed by atoms with E-state index in [1.807, 2.05) is 55.5 Å². The first-order valence-corrected chi connectivity index (χ1v) is 10.4. The number of halogens is 3. The Morgan fingerprint density at radius 3 is 2.27 bits per heavy atom. The zero-order valence-electron chi connectivity index (χ0n) is 14.0. The lowest BCUT2D eigenvalue weighted by Gasteiger charge is -2.29. The first-order valence-electron chi connectivity index (χ1n) is 8.03. The van der Waals surface area contributed by atoms with E-state index in [4.69, 9.17) is 0 Å². The van der Waals surface area contributed by atoms with Crippen LogP contribution < -0.4 is 10.6 Å². The van der Waals surface area contributed by atoms with Crippen LogP contribution in [-0.2, 0) is 0 Å². The van der Waals surface area contributed by atoms with Crippen LogP contribution in [0.1, 0.15) is 15.9 Å². The molecule has 0 fully saturated rings. The van der Waals surface area contributed by atoms with Gasteiger partial charge in [-0.3, -0.25) is 4.79 Å². The van der Waals surface area contributed by atoms with Crippen molar-refractivity contribution in [2.45, 2.75) is 15.2 Å². The van der Waals surface area contributed by atoms with E-state index >= 15 is 0 Å². The number of benzene rings is 3. The maximum absolute atomic E-state index is 12.7. The Kier molecular flexibility index (Phi) is 6.05. The molecule has 0 spiro atoms. The van der Waals surface area contributed by atoms with E-state index in [9.17, 15) is 4.79 Å². The minimum absolute atomic E-state index is 0.162. The van der Waals surface area contributed by atoms with Gasteiger partial charge >= 0.3 is 0 Å². The quantitative estimate of drug-likeness (QED) is 0.308. The molecule has 0 heterocycles. The molecule has 1 atom stereocenters. The van der Waals surface area contributed by atoms with E-state index in [1.54, 1.807) is 0 Å².